The molecule has 0 atom stereocenters. The van der Waals surface area contributed by atoms with Crippen molar-refractivity contribution in [2.75, 3.05) is 49.2 Å². The summed E-state index contributed by atoms with van der Waals surface area (Å²) in [6.45, 7) is 4.83. The number of nitrogens with zero attached hydrogens (tertiary/aromatic N) is 5. The Morgan fingerprint density at radius 1 is 1.05 bits per heavy atom. The van der Waals surface area contributed by atoms with Crippen molar-refractivity contribution in [1.29, 1.82) is 0 Å². The van der Waals surface area contributed by atoms with Gasteiger partial charge in [-0.05, 0) is 50.2 Å². The minimum atomic E-state index is -3.02. The average molecular weight is 563 g/mol. The molecule has 41 heavy (non-hydrogen) atoms. The SMILES string of the molecule is COc1cc(Nc2nccn2-c2cc(NCCN3CCCC3)ncn2)cc(C(=O)Nc2cccc(C(C)(F)F)c2)c1. The second kappa shape index (κ2) is 12.3. The minimum absolute atomic E-state index is 0.190. The fraction of sp³-hybridized carbons (Fsp3) is 0.310. The zero-order valence-corrected chi connectivity index (χ0v) is 22.9. The van der Waals surface area contributed by atoms with Gasteiger partial charge in [-0.25, -0.2) is 23.7 Å². The van der Waals surface area contributed by atoms with Crippen LogP contribution in [0.1, 0.15) is 35.7 Å². The van der Waals surface area contributed by atoms with Gasteiger partial charge in [0.1, 0.15) is 23.7 Å². The van der Waals surface area contributed by atoms with E-state index in [0.717, 1.165) is 33.1 Å². The van der Waals surface area contributed by atoms with Gasteiger partial charge in [0.25, 0.3) is 11.8 Å². The minimum Gasteiger partial charge on any atom is -0.497 e. The summed E-state index contributed by atoms with van der Waals surface area (Å²) >= 11 is 0. The summed E-state index contributed by atoms with van der Waals surface area (Å²) in [7, 11) is 1.49. The fourth-order valence-electron chi connectivity index (χ4n) is 4.63. The summed E-state index contributed by atoms with van der Waals surface area (Å²) < 4.78 is 34.7. The lowest BCUT2D eigenvalue weighted by Crippen LogP contribution is -2.26. The van der Waals surface area contributed by atoms with E-state index < -0.39 is 11.8 Å². The zero-order valence-electron chi connectivity index (χ0n) is 22.9. The number of ether oxygens (including phenoxy) is 1. The number of amides is 1. The van der Waals surface area contributed by atoms with Crippen LogP contribution in [0.5, 0.6) is 5.75 Å². The molecule has 0 saturated carbocycles. The molecule has 3 N–H and O–H groups in total. The molecule has 0 radical (unpaired) electrons. The Bertz CT molecular complexity index is 1500. The van der Waals surface area contributed by atoms with Gasteiger partial charge in [-0.15, -0.1) is 0 Å². The first kappa shape index (κ1) is 28.0. The zero-order chi connectivity index (χ0) is 28.8. The van der Waals surface area contributed by atoms with E-state index in [1.54, 1.807) is 41.2 Å². The Kier molecular flexibility index (Phi) is 8.39. The maximum absolute atomic E-state index is 13.8. The highest BCUT2D eigenvalue weighted by Gasteiger charge is 2.24. The molecular weight excluding hydrogens is 530 g/mol. The standard InChI is InChI=1S/C29H32F2N8O2/c1-29(30,31)21-6-5-7-22(16-21)36-27(40)20-14-23(17-24(15-20)41-2)37-28-33-9-13-39(28)26-18-25(34-19-35-26)32-8-12-38-10-3-4-11-38/h5-7,9,13-19H,3-4,8,10-12H2,1-2H3,(H,33,37)(H,36,40)(H,32,34,35). The quantitative estimate of drug-likeness (QED) is 0.226. The second-order valence-electron chi connectivity index (χ2n) is 9.86. The highest BCUT2D eigenvalue weighted by Crippen LogP contribution is 2.29. The maximum atomic E-state index is 13.8. The molecular formula is C29H32F2N8O2. The van der Waals surface area contributed by atoms with Gasteiger partial charge in [0.05, 0.1) is 7.11 Å². The number of nitrogens with one attached hydrogen (secondary N) is 3. The number of carbonyl (C=O) groups excluding carboxylic acids is 1. The Balaban J connectivity index is 1.31. The number of anilines is 4. The van der Waals surface area contributed by atoms with Gasteiger partial charge >= 0.3 is 0 Å². The van der Waals surface area contributed by atoms with Gasteiger partial charge in [0.15, 0.2) is 0 Å². The van der Waals surface area contributed by atoms with Crippen LogP contribution in [0.25, 0.3) is 5.82 Å². The number of methoxy groups -OCH3 is 1. The van der Waals surface area contributed by atoms with Crippen LogP contribution in [0.15, 0.2) is 67.3 Å². The smallest absolute Gasteiger partial charge is 0.270 e. The summed E-state index contributed by atoms with van der Waals surface area (Å²) in [5.41, 5.74) is 0.874. The van der Waals surface area contributed by atoms with Crippen LogP contribution in [0.3, 0.4) is 0 Å². The molecule has 0 aliphatic carbocycles. The Labute approximate surface area is 236 Å². The van der Waals surface area contributed by atoms with Crippen molar-refractivity contribution < 1.29 is 18.3 Å². The number of halogens is 2. The van der Waals surface area contributed by atoms with E-state index in [1.807, 2.05) is 6.07 Å². The number of carbonyl (C=O) groups is 1. The Hall–Kier alpha value is -4.58. The fourth-order valence-corrected chi connectivity index (χ4v) is 4.63. The largest absolute Gasteiger partial charge is 0.497 e. The van der Waals surface area contributed by atoms with Gasteiger partial charge in [-0.2, -0.15) is 0 Å². The normalized spacial score (nSPS) is 13.7. The third-order valence-electron chi connectivity index (χ3n) is 6.76. The van der Waals surface area contributed by atoms with E-state index in [-0.39, 0.29) is 16.8 Å². The lowest BCUT2D eigenvalue weighted by atomic mass is 10.1. The highest BCUT2D eigenvalue weighted by atomic mass is 19.3. The first-order valence-corrected chi connectivity index (χ1v) is 13.4. The van der Waals surface area contributed by atoms with Crippen molar-refractivity contribution in [3.8, 4) is 11.6 Å². The molecule has 12 heteroatoms. The number of rotatable bonds is 11. The van der Waals surface area contributed by atoms with Crippen molar-refractivity contribution in [3.63, 3.8) is 0 Å². The Morgan fingerprint density at radius 2 is 1.88 bits per heavy atom. The number of imidazole rings is 1. The first-order valence-electron chi connectivity index (χ1n) is 13.4. The van der Waals surface area contributed by atoms with Crippen molar-refractivity contribution in [1.82, 2.24) is 24.4 Å². The molecule has 1 amide bonds. The molecule has 5 rings (SSSR count). The lowest BCUT2D eigenvalue weighted by molar-refractivity contribution is 0.0175. The van der Waals surface area contributed by atoms with E-state index in [4.69, 9.17) is 4.74 Å². The monoisotopic (exact) mass is 562 g/mol. The molecule has 1 fully saturated rings. The summed E-state index contributed by atoms with van der Waals surface area (Å²) in [4.78, 5) is 28.6. The predicted molar refractivity (Wildman–Crippen MR) is 154 cm³/mol. The van der Waals surface area contributed by atoms with E-state index in [0.29, 0.717) is 29.0 Å². The average Bonchev–Trinajstić information content (AvgIpc) is 3.65. The summed E-state index contributed by atoms with van der Waals surface area (Å²) in [5, 5.41) is 9.26. The summed E-state index contributed by atoms with van der Waals surface area (Å²) in [6, 6.07) is 12.4. The van der Waals surface area contributed by atoms with Crippen molar-refractivity contribution >= 4 is 29.0 Å². The molecule has 10 nitrogen and oxygen atoms in total. The van der Waals surface area contributed by atoms with Gasteiger partial charge in [0, 0.05) is 67.0 Å². The molecule has 1 aliphatic rings. The molecule has 1 aliphatic heterocycles. The maximum Gasteiger partial charge on any atom is 0.270 e. The predicted octanol–water partition coefficient (Wildman–Crippen LogP) is 5.29. The van der Waals surface area contributed by atoms with Crippen LogP contribution in [0.2, 0.25) is 0 Å². The van der Waals surface area contributed by atoms with Crippen LogP contribution < -0.4 is 20.7 Å². The van der Waals surface area contributed by atoms with Crippen LogP contribution in [0, 0.1) is 0 Å². The van der Waals surface area contributed by atoms with Crippen LogP contribution in [-0.2, 0) is 5.92 Å². The number of likely N-dealkylation sites (tertiary alicyclic amines) is 1. The van der Waals surface area contributed by atoms with E-state index in [1.165, 1.54) is 44.5 Å². The van der Waals surface area contributed by atoms with E-state index in [2.05, 4.69) is 35.8 Å². The highest BCUT2D eigenvalue weighted by molar-refractivity contribution is 6.05. The molecule has 0 bridgehead atoms. The lowest BCUT2D eigenvalue weighted by Gasteiger charge is -2.15. The summed E-state index contributed by atoms with van der Waals surface area (Å²) in [5.74, 6) is -1.30. The number of benzene rings is 2. The first-order chi connectivity index (χ1) is 19.8. The van der Waals surface area contributed by atoms with Gasteiger partial charge in [-0.1, -0.05) is 12.1 Å². The molecule has 214 valence electrons. The third-order valence-corrected chi connectivity index (χ3v) is 6.76. The second-order valence-corrected chi connectivity index (χ2v) is 9.86. The number of aromatic nitrogens is 4. The topological polar surface area (TPSA) is 109 Å². The van der Waals surface area contributed by atoms with Crippen molar-refractivity contribution in [2.45, 2.75) is 25.7 Å². The van der Waals surface area contributed by atoms with Gasteiger partial charge in [0.2, 0.25) is 5.95 Å². The van der Waals surface area contributed by atoms with Gasteiger partial charge in [-0.3, -0.25) is 9.36 Å². The third kappa shape index (κ3) is 7.14. The van der Waals surface area contributed by atoms with Crippen LogP contribution in [-0.4, -0.2) is 63.6 Å². The summed E-state index contributed by atoms with van der Waals surface area (Å²) in [6.07, 6.45) is 7.40. The Morgan fingerprint density at radius 3 is 2.66 bits per heavy atom. The molecule has 4 aromatic rings. The van der Waals surface area contributed by atoms with Crippen molar-refractivity contribution in [2.24, 2.45) is 0 Å². The van der Waals surface area contributed by atoms with Crippen molar-refractivity contribution in [3.05, 3.63) is 78.4 Å². The van der Waals surface area contributed by atoms with E-state index in [9.17, 15) is 13.6 Å². The molecule has 2 aromatic heterocycles. The molecule has 2 aromatic carbocycles. The van der Waals surface area contributed by atoms with Crippen LogP contribution in [0.4, 0.5) is 31.9 Å². The molecule has 1 saturated heterocycles. The number of hydrogen-bond donors (Lipinski definition) is 3. The molecule has 3 heterocycles. The number of alkyl halides is 2. The van der Waals surface area contributed by atoms with E-state index >= 15 is 0 Å². The molecule has 0 spiro atoms. The molecule has 0 unspecified atom stereocenters. The number of hydrogen-bond acceptors (Lipinski definition) is 8. The van der Waals surface area contributed by atoms with Crippen LogP contribution >= 0.6 is 0 Å². The van der Waals surface area contributed by atoms with Gasteiger partial charge < -0.3 is 25.6 Å².